The van der Waals surface area contributed by atoms with E-state index in [4.69, 9.17) is 37.7 Å². The third-order valence-corrected chi connectivity index (χ3v) is 10.8. The number of hydrogen-bond donors (Lipinski definition) is 14. The number of hydrogen-bond acceptors (Lipinski definition) is 29. The van der Waals surface area contributed by atoms with Crippen LogP contribution < -0.4 is 0 Å². The van der Waals surface area contributed by atoms with Gasteiger partial charge in [-0.1, -0.05) is 0 Å². The lowest BCUT2D eigenvalue weighted by Crippen LogP contribution is -2.67. The average Bonchev–Trinajstić information content (AvgIpc) is 3.13. The van der Waals surface area contributed by atoms with Crippen molar-refractivity contribution in [2.75, 3.05) is 26.4 Å². The summed E-state index contributed by atoms with van der Waals surface area (Å²) in [5.74, 6) is 0. The number of rotatable bonds is 18. The lowest BCUT2D eigenvalue weighted by Gasteiger charge is -2.49. The Kier molecular flexibility index (Phi) is 17.7. The van der Waals surface area contributed by atoms with Crippen molar-refractivity contribution in [1.82, 2.24) is 0 Å². The zero-order valence-electron chi connectivity index (χ0n) is 30.0. The van der Waals surface area contributed by atoms with Gasteiger partial charge in [-0.05, 0) is 0 Å². The van der Waals surface area contributed by atoms with Gasteiger partial charge in [-0.3, -0.25) is 18.2 Å². The molecule has 4 aliphatic rings. The molecule has 0 aromatic rings. The zero-order valence-corrected chi connectivity index (χ0v) is 33.3. The molecule has 37 heteroatoms. The molecule has 4 aliphatic heterocycles. The van der Waals surface area contributed by atoms with Crippen LogP contribution in [-0.2, 0) is 91.5 Å². The van der Waals surface area contributed by atoms with E-state index in [-0.39, 0.29) is 0 Å². The molecule has 0 aromatic heterocycles. The second-order valence-electron chi connectivity index (χ2n) is 13.2. The van der Waals surface area contributed by atoms with Gasteiger partial charge >= 0.3 is 41.6 Å². The van der Waals surface area contributed by atoms with Crippen LogP contribution in [0.3, 0.4) is 0 Å². The van der Waals surface area contributed by atoms with Gasteiger partial charge in [-0.15, -0.1) is 0 Å². The van der Waals surface area contributed by atoms with E-state index < -0.39 is 191 Å². The Morgan fingerprint density at radius 1 is 0.361 bits per heavy atom. The molecule has 4 saturated heterocycles. The molecule has 61 heavy (non-hydrogen) atoms. The third-order valence-electron chi connectivity index (χ3n) is 9.01. The molecule has 0 bridgehead atoms. The van der Waals surface area contributed by atoms with Crippen molar-refractivity contribution < 1.29 is 153 Å². The normalized spacial score (nSPS) is 43.2. The van der Waals surface area contributed by atoms with Crippen molar-refractivity contribution in [2.45, 2.75) is 123 Å². The molecule has 0 unspecified atom stereocenters. The molecule has 33 nitrogen and oxygen atoms in total. The molecule has 14 N–H and O–H groups in total. The summed E-state index contributed by atoms with van der Waals surface area (Å²) in [6, 6.07) is 0. The topological polar surface area (TPSA) is 521 Å². The molecule has 4 rings (SSSR count). The lowest BCUT2D eigenvalue weighted by molar-refractivity contribution is -0.394. The molecule has 0 saturated carbocycles. The summed E-state index contributed by atoms with van der Waals surface area (Å²) in [5, 5.41) is 104. The minimum atomic E-state index is -5.94. The Hall–Kier alpha value is -1.20. The average molecular weight is 987 g/mol. The van der Waals surface area contributed by atoms with Gasteiger partial charge < -0.3 is 84.2 Å². The highest BCUT2D eigenvalue weighted by Gasteiger charge is 2.58. The molecule has 0 radical (unpaired) electrons. The summed E-state index contributed by atoms with van der Waals surface area (Å²) in [6.07, 6.45) is -45.3. The summed E-state index contributed by atoms with van der Waals surface area (Å²) in [4.78, 5) is 0. The van der Waals surface area contributed by atoms with Gasteiger partial charge in [0.2, 0.25) is 0 Å². The monoisotopic (exact) mass is 986 g/mol. The molecule has 0 spiro atoms. The Morgan fingerprint density at radius 3 is 1.13 bits per heavy atom. The number of aliphatic hydroxyl groups excluding tert-OH is 10. The van der Waals surface area contributed by atoms with Crippen LogP contribution in [-0.4, -0.2) is 252 Å². The second-order valence-corrected chi connectivity index (χ2v) is 17.4. The fraction of sp³-hybridized carbons (Fsp3) is 1.00. The second kappa shape index (κ2) is 20.5. The van der Waals surface area contributed by atoms with Gasteiger partial charge in [-0.2, -0.15) is 33.7 Å². The molecule has 20 atom stereocenters. The first-order valence-corrected chi connectivity index (χ1v) is 22.2. The summed E-state index contributed by atoms with van der Waals surface area (Å²) in [7, 11) is -23.2. The van der Waals surface area contributed by atoms with Crippen LogP contribution in [0.15, 0.2) is 0 Å². The fourth-order valence-corrected chi connectivity index (χ4v) is 8.11. The molecule has 360 valence electrons. The smallest absolute Gasteiger partial charge is 0.394 e. The van der Waals surface area contributed by atoms with Crippen LogP contribution in [0.1, 0.15) is 0 Å². The van der Waals surface area contributed by atoms with Gasteiger partial charge in [0.05, 0.1) is 26.4 Å². The molecule has 4 heterocycles. The van der Waals surface area contributed by atoms with E-state index in [1.807, 2.05) is 0 Å². The largest absolute Gasteiger partial charge is 0.397 e. The predicted molar refractivity (Wildman–Crippen MR) is 176 cm³/mol. The first-order valence-electron chi connectivity index (χ1n) is 16.7. The van der Waals surface area contributed by atoms with E-state index in [0.29, 0.717) is 0 Å². The SMILES string of the molecule is O=S(=O)(O)OC[C@H]1O[C@H](O[C@H]2O[C@H](CO)[C@@H](O[C@@H]3O[C@H](CO)[C@@H](O[C@@H]4O[C@H](CO)[C@@H](O)[C@H](O)[C@H]4O)[C@H](O)[C@H]3O)[C@H](O)[C@H]2O)[C@H](OS(=O)(=O)O)[C@@H](OS(=O)(=O)O)[C@@H]1OS(=O)(=O)O. The zero-order chi connectivity index (χ0) is 46.2. The van der Waals surface area contributed by atoms with E-state index in [1.54, 1.807) is 0 Å². The summed E-state index contributed by atoms with van der Waals surface area (Å²) < 4.78 is 184. The van der Waals surface area contributed by atoms with Gasteiger partial charge in [-0.25, -0.2) is 16.7 Å². The maximum atomic E-state index is 11.8. The Bertz CT molecular complexity index is 1880. The minimum Gasteiger partial charge on any atom is -0.394 e. The van der Waals surface area contributed by atoms with Crippen molar-refractivity contribution in [1.29, 1.82) is 0 Å². The van der Waals surface area contributed by atoms with Crippen molar-refractivity contribution in [3.05, 3.63) is 0 Å². The number of ether oxygens (including phenoxy) is 7. The quantitative estimate of drug-likeness (QED) is 0.0567. The highest BCUT2D eigenvalue weighted by molar-refractivity contribution is 7.81. The van der Waals surface area contributed by atoms with E-state index in [9.17, 15) is 98.4 Å². The molecule has 0 aliphatic carbocycles. The third kappa shape index (κ3) is 13.7. The minimum absolute atomic E-state index is 0.888. The molecular weight excluding hydrogens is 944 g/mol. The Morgan fingerprint density at radius 2 is 0.721 bits per heavy atom. The Labute approximate surface area is 343 Å². The van der Waals surface area contributed by atoms with Crippen LogP contribution in [0.4, 0.5) is 0 Å². The first-order chi connectivity index (χ1) is 28.0. The van der Waals surface area contributed by atoms with E-state index >= 15 is 0 Å². The molecule has 0 aromatic carbocycles. The van der Waals surface area contributed by atoms with Gasteiger partial charge in [0.25, 0.3) is 0 Å². The van der Waals surface area contributed by atoms with Crippen LogP contribution in [0.25, 0.3) is 0 Å². The van der Waals surface area contributed by atoms with Crippen molar-refractivity contribution in [2.24, 2.45) is 0 Å². The molecular formula is C24H42O33S4. The van der Waals surface area contributed by atoms with Crippen molar-refractivity contribution in [3.63, 3.8) is 0 Å². The highest BCUT2D eigenvalue weighted by Crippen LogP contribution is 2.36. The van der Waals surface area contributed by atoms with Crippen LogP contribution >= 0.6 is 0 Å². The summed E-state index contributed by atoms with van der Waals surface area (Å²) in [5.41, 5.74) is 0. The maximum absolute atomic E-state index is 11.8. The van der Waals surface area contributed by atoms with Gasteiger partial charge in [0.1, 0.15) is 91.6 Å². The predicted octanol–water partition coefficient (Wildman–Crippen LogP) is -10.4. The van der Waals surface area contributed by atoms with Crippen molar-refractivity contribution in [3.8, 4) is 0 Å². The van der Waals surface area contributed by atoms with Gasteiger partial charge in [0, 0.05) is 0 Å². The lowest BCUT2D eigenvalue weighted by atomic mass is 9.96. The van der Waals surface area contributed by atoms with E-state index in [0.717, 1.165) is 0 Å². The molecule has 0 amide bonds. The molecule has 4 fully saturated rings. The standard InChI is InChI=1S/C24H42O33S4/c25-1-5-9(28)10(29)13(32)21(48-5)52-16-6(2-26)49-22(14(33)11(16)30)53-17-7(3-27)50-23(15(34)12(17)31)54-24-20(57-61(44,45)46)19(56-60(41,42)43)18(55-59(38,39)40)8(51-24)4-47-58(35,36)37/h5-34H,1-4H2,(H,35,36,37)(H,38,39,40)(H,41,42,43)(H,44,45,46)/t5-,6-,7-,8-,9-,10+,11-,12-,13-,14-,15-,16-,17-,18-,19+,20-,21+,22+,23-,24-/m1/s1. The van der Waals surface area contributed by atoms with E-state index in [1.165, 1.54) is 0 Å². The van der Waals surface area contributed by atoms with Crippen LogP contribution in [0, 0.1) is 0 Å². The Balaban J connectivity index is 1.59. The summed E-state index contributed by atoms with van der Waals surface area (Å²) in [6.45, 7) is -4.89. The van der Waals surface area contributed by atoms with E-state index in [2.05, 4.69) is 16.7 Å². The highest BCUT2D eigenvalue weighted by atomic mass is 32.3. The summed E-state index contributed by atoms with van der Waals surface area (Å²) >= 11 is 0. The van der Waals surface area contributed by atoms with Crippen LogP contribution in [0.2, 0.25) is 0 Å². The first kappa shape index (κ1) is 52.4. The van der Waals surface area contributed by atoms with Crippen molar-refractivity contribution >= 4 is 41.6 Å². The van der Waals surface area contributed by atoms with Gasteiger partial charge in [0.15, 0.2) is 31.3 Å². The maximum Gasteiger partial charge on any atom is 0.397 e. The number of aliphatic hydroxyl groups is 10. The fourth-order valence-electron chi connectivity index (χ4n) is 6.31. The van der Waals surface area contributed by atoms with Crippen LogP contribution in [0.5, 0.6) is 0 Å².